The van der Waals surface area contributed by atoms with Gasteiger partial charge in [0.25, 0.3) is 0 Å². The minimum atomic E-state index is 0.473. The zero-order valence-corrected chi connectivity index (χ0v) is 12.5. The quantitative estimate of drug-likeness (QED) is 0.748. The molecule has 2 nitrogen and oxygen atoms in total. The van der Waals surface area contributed by atoms with E-state index >= 15 is 0 Å². The molecule has 0 aromatic heterocycles. The van der Waals surface area contributed by atoms with Gasteiger partial charge in [-0.25, -0.2) is 0 Å². The van der Waals surface area contributed by atoms with Gasteiger partial charge in [0.2, 0.25) is 0 Å². The summed E-state index contributed by atoms with van der Waals surface area (Å²) in [6.07, 6.45) is 10.3. The maximum absolute atomic E-state index is 6.08. The van der Waals surface area contributed by atoms with Crippen LogP contribution in [0.3, 0.4) is 0 Å². The lowest BCUT2D eigenvalue weighted by Crippen LogP contribution is -2.47. The van der Waals surface area contributed by atoms with Gasteiger partial charge in [-0.05, 0) is 57.4 Å². The Morgan fingerprint density at radius 3 is 2.44 bits per heavy atom. The predicted molar refractivity (Wildman–Crippen MR) is 76.7 cm³/mol. The van der Waals surface area contributed by atoms with E-state index in [4.69, 9.17) is 4.74 Å². The first-order valence-electron chi connectivity index (χ1n) is 8.09. The van der Waals surface area contributed by atoms with Crippen molar-refractivity contribution < 1.29 is 4.74 Å². The number of nitrogens with one attached hydrogen (secondary N) is 1. The van der Waals surface area contributed by atoms with Crippen LogP contribution in [0.25, 0.3) is 0 Å². The molecular formula is C16H31NO. The van der Waals surface area contributed by atoms with Crippen molar-refractivity contribution in [1.29, 1.82) is 0 Å². The van der Waals surface area contributed by atoms with Crippen molar-refractivity contribution in [3.63, 3.8) is 0 Å². The van der Waals surface area contributed by atoms with Crippen LogP contribution in [0.5, 0.6) is 0 Å². The largest absolute Gasteiger partial charge is 0.377 e. The van der Waals surface area contributed by atoms with Crippen molar-refractivity contribution in [2.24, 2.45) is 17.8 Å². The first-order chi connectivity index (χ1) is 8.80. The predicted octanol–water partition coefficient (Wildman–Crippen LogP) is 3.61. The van der Waals surface area contributed by atoms with Crippen molar-refractivity contribution in [2.75, 3.05) is 13.7 Å². The Balaban J connectivity index is 1.96. The summed E-state index contributed by atoms with van der Waals surface area (Å²) in [5.41, 5.74) is 0. The van der Waals surface area contributed by atoms with Crippen LogP contribution in [0.4, 0.5) is 0 Å². The molecule has 2 fully saturated rings. The molecule has 1 N–H and O–H groups in total. The summed E-state index contributed by atoms with van der Waals surface area (Å²) in [6, 6.07) is 0.590. The standard InChI is InChI=1S/C16H31NO/c1-4-12-7-6-8-14(11-12)15(17-3)16(18-5-2)13-9-10-13/h12-17H,4-11H2,1-3H3. The summed E-state index contributed by atoms with van der Waals surface area (Å²) >= 11 is 0. The van der Waals surface area contributed by atoms with Crippen LogP contribution >= 0.6 is 0 Å². The number of hydrogen-bond acceptors (Lipinski definition) is 2. The molecule has 2 aliphatic carbocycles. The van der Waals surface area contributed by atoms with Crippen LogP contribution in [0.2, 0.25) is 0 Å². The zero-order valence-electron chi connectivity index (χ0n) is 12.5. The third kappa shape index (κ3) is 3.48. The SMILES string of the molecule is CCOC(C1CC1)C(NC)C1CCCC(CC)C1. The number of ether oxygens (including phenoxy) is 1. The highest BCUT2D eigenvalue weighted by Crippen LogP contribution is 2.41. The molecule has 106 valence electrons. The monoisotopic (exact) mass is 253 g/mol. The molecule has 0 aliphatic heterocycles. The van der Waals surface area contributed by atoms with Gasteiger partial charge in [0.05, 0.1) is 6.10 Å². The minimum Gasteiger partial charge on any atom is -0.377 e. The van der Waals surface area contributed by atoms with Gasteiger partial charge < -0.3 is 10.1 Å². The first kappa shape index (κ1) is 14.3. The van der Waals surface area contributed by atoms with Gasteiger partial charge in [0, 0.05) is 12.6 Å². The van der Waals surface area contributed by atoms with Gasteiger partial charge in [-0.2, -0.15) is 0 Å². The van der Waals surface area contributed by atoms with Crippen LogP contribution in [0, 0.1) is 17.8 Å². The van der Waals surface area contributed by atoms with Gasteiger partial charge in [0.1, 0.15) is 0 Å². The molecule has 2 rings (SSSR count). The van der Waals surface area contributed by atoms with E-state index in [0.717, 1.165) is 24.4 Å². The van der Waals surface area contributed by atoms with E-state index in [0.29, 0.717) is 12.1 Å². The van der Waals surface area contributed by atoms with E-state index in [1.807, 2.05) is 0 Å². The second kappa shape index (κ2) is 6.91. The molecular weight excluding hydrogens is 222 g/mol. The highest BCUT2D eigenvalue weighted by molar-refractivity contribution is 4.94. The number of hydrogen-bond donors (Lipinski definition) is 1. The number of rotatable bonds is 7. The summed E-state index contributed by atoms with van der Waals surface area (Å²) in [4.78, 5) is 0. The van der Waals surface area contributed by atoms with Crippen molar-refractivity contribution in [2.45, 2.75) is 70.9 Å². The number of likely N-dealkylation sites (N-methyl/N-ethyl adjacent to an activating group) is 1. The highest BCUT2D eigenvalue weighted by atomic mass is 16.5. The second-order valence-electron chi connectivity index (χ2n) is 6.27. The lowest BCUT2D eigenvalue weighted by molar-refractivity contribution is -0.00401. The Morgan fingerprint density at radius 2 is 1.89 bits per heavy atom. The summed E-state index contributed by atoms with van der Waals surface area (Å²) in [6.45, 7) is 5.35. The van der Waals surface area contributed by atoms with Crippen molar-refractivity contribution in [3.05, 3.63) is 0 Å². The second-order valence-corrected chi connectivity index (χ2v) is 6.27. The van der Waals surface area contributed by atoms with Crippen molar-refractivity contribution >= 4 is 0 Å². The van der Waals surface area contributed by atoms with E-state index in [-0.39, 0.29) is 0 Å². The van der Waals surface area contributed by atoms with E-state index in [9.17, 15) is 0 Å². The fourth-order valence-electron chi connectivity index (χ4n) is 3.85. The Kier molecular flexibility index (Phi) is 5.50. The van der Waals surface area contributed by atoms with E-state index in [1.165, 1.54) is 44.9 Å². The van der Waals surface area contributed by atoms with E-state index in [2.05, 4.69) is 26.2 Å². The molecule has 0 aromatic carbocycles. The van der Waals surface area contributed by atoms with Crippen molar-refractivity contribution in [3.8, 4) is 0 Å². The van der Waals surface area contributed by atoms with Gasteiger partial charge >= 0.3 is 0 Å². The molecule has 18 heavy (non-hydrogen) atoms. The summed E-state index contributed by atoms with van der Waals surface area (Å²) in [5.74, 6) is 2.64. The maximum Gasteiger partial charge on any atom is 0.0758 e. The lowest BCUT2D eigenvalue weighted by atomic mass is 9.75. The van der Waals surface area contributed by atoms with Crippen LogP contribution in [0.15, 0.2) is 0 Å². The van der Waals surface area contributed by atoms with Crippen LogP contribution in [-0.4, -0.2) is 25.8 Å². The molecule has 0 saturated heterocycles. The molecule has 0 bridgehead atoms. The molecule has 0 radical (unpaired) electrons. The molecule has 0 spiro atoms. The third-order valence-corrected chi connectivity index (χ3v) is 5.04. The average molecular weight is 253 g/mol. The van der Waals surface area contributed by atoms with Crippen LogP contribution in [-0.2, 0) is 4.74 Å². The average Bonchev–Trinajstić information content (AvgIpc) is 3.23. The smallest absolute Gasteiger partial charge is 0.0758 e. The third-order valence-electron chi connectivity index (χ3n) is 5.04. The Labute approximate surface area is 113 Å². The molecule has 0 amide bonds. The fraction of sp³-hybridized carbons (Fsp3) is 1.00. The van der Waals surface area contributed by atoms with Crippen molar-refractivity contribution in [1.82, 2.24) is 5.32 Å². The minimum absolute atomic E-state index is 0.473. The molecule has 2 heteroatoms. The van der Waals surface area contributed by atoms with E-state index in [1.54, 1.807) is 0 Å². The lowest BCUT2D eigenvalue weighted by Gasteiger charge is -2.38. The Morgan fingerprint density at radius 1 is 1.11 bits per heavy atom. The molecule has 2 saturated carbocycles. The van der Waals surface area contributed by atoms with Gasteiger partial charge in [0.15, 0.2) is 0 Å². The molecule has 2 aliphatic rings. The van der Waals surface area contributed by atoms with Crippen LogP contribution < -0.4 is 5.32 Å². The molecule has 0 heterocycles. The van der Waals surface area contributed by atoms with Gasteiger partial charge in [-0.15, -0.1) is 0 Å². The topological polar surface area (TPSA) is 21.3 Å². The molecule has 4 atom stereocenters. The highest BCUT2D eigenvalue weighted by Gasteiger charge is 2.40. The van der Waals surface area contributed by atoms with E-state index < -0.39 is 0 Å². The normalized spacial score (nSPS) is 32.2. The van der Waals surface area contributed by atoms with Gasteiger partial charge in [-0.1, -0.05) is 26.2 Å². The summed E-state index contributed by atoms with van der Waals surface area (Å²) in [7, 11) is 2.13. The fourth-order valence-corrected chi connectivity index (χ4v) is 3.85. The zero-order chi connectivity index (χ0) is 13.0. The van der Waals surface area contributed by atoms with Crippen LogP contribution in [0.1, 0.15) is 58.8 Å². The molecule has 4 unspecified atom stereocenters. The Bertz CT molecular complexity index is 239. The molecule has 0 aromatic rings. The first-order valence-corrected chi connectivity index (χ1v) is 8.09. The Hall–Kier alpha value is -0.0800. The summed E-state index contributed by atoms with van der Waals surface area (Å²) in [5, 5.41) is 3.60. The summed E-state index contributed by atoms with van der Waals surface area (Å²) < 4.78 is 6.08. The van der Waals surface area contributed by atoms with Gasteiger partial charge in [-0.3, -0.25) is 0 Å². The maximum atomic E-state index is 6.08.